The number of nitrogens with one attached hydrogen (secondary N) is 1. The zero-order valence-electron chi connectivity index (χ0n) is 13.5. The molecule has 0 fully saturated rings. The lowest BCUT2D eigenvalue weighted by atomic mass is 10.1. The molecular formula is C19H19NO4. The third-order valence-electron chi connectivity index (χ3n) is 3.70. The summed E-state index contributed by atoms with van der Waals surface area (Å²) in [5.41, 5.74) is 1.96. The average molecular weight is 325 g/mol. The van der Waals surface area contributed by atoms with Crippen LogP contribution in [0.3, 0.4) is 0 Å². The number of para-hydroxylation sites is 1. The summed E-state index contributed by atoms with van der Waals surface area (Å²) in [7, 11) is 1.61. The monoisotopic (exact) mass is 325 g/mol. The Kier molecular flexibility index (Phi) is 5.01. The van der Waals surface area contributed by atoms with E-state index in [1.54, 1.807) is 13.2 Å². The van der Waals surface area contributed by atoms with E-state index in [-0.39, 0.29) is 12.7 Å². The normalized spacial score (nSPS) is 12.4. The van der Waals surface area contributed by atoms with Crippen LogP contribution in [-0.2, 0) is 11.2 Å². The fraction of sp³-hybridized carbons (Fsp3) is 0.211. The van der Waals surface area contributed by atoms with Gasteiger partial charge in [0.1, 0.15) is 5.75 Å². The molecule has 5 nitrogen and oxygen atoms in total. The molecule has 5 heteroatoms. The van der Waals surface area contributed by atoms with E-state index in [1.807, 2.05) is 42.5 Å². The number of carbonyl (C=O) groups is 1. The smallest absolute Gasteiger partial charge is 0.244 e. The van der Waals surface area contributed by atoms with E-state index in [4.69, 9.17) is 14.2 Å². The van der Waals surface area contributed by atoms with Crippen LogP contribution >= 0.6 is 0 Å². The van der Waals surface area contributed by atoms with Crippen molar-refractivity contribution in [2.45, 2.75) is 6.42 Å². The molecular weight excluding hydrogens is 306 g/mol. The number of rotatable bonds is 6. The van der Waals surface area contributed by atoms with Gasteiger partial charge in [0.15, 0.2) is 11.5 Å². The highest BCUT2D eigenvalue weighted by atomic mass is 16.7. The van der Waals surface area contributed by atoms with Crippen LogP contribution < -0.4 is 19.5 Å². The van der Waals surface area contributed by atoms with E-state index >= 15 is 0 Å². The van der Waals surface area contributed by atoms with Gasteiger partial charge in [-0.05, 0) is 36.3 Å². The Labute approximate surface area is 140 Å². The second-order valence-corrected chi connectivity index (χ2v) is 5.30. The summed E-state index contributed by atoms with van der Waals surface area (Å²) >= 11 is 0. The third-order valence-corrected chi connectivity index (χ3v) is 3.70. The van der Waals surface area contributed by atoms with Gasteiger partial charge in [-0.3, -0.25) is 4.79 Å². The lowest BCUT2D eigenvalue weighted by Gasteiger charge is -2.05. The van der Waals surface area contributed by atoms with Crippen molar-refractivity contribution in [2.24, 2.45) is 0 Å². The molecule has 124 valence electrons. The molecule has 0 radical (unpaired) electrons. The van der Waals surface area contributed by atoms with Crippen LogP contribution in [0.15, 0.2) is 48.5 Å². The van der Waals surface area contributed by atoms with Crippen molar-refractivity contribution in [1.29, 1.82) is 0 Å². The zero-order chi connectivity index (χ0) is 16.8. The van der Waals surface area contributed by atoms with Crippen molar-refractivity contribution >= 4 is 12.0 Å². The van der Waals surface area contributed by atoms with Crippen LogP contribution in [0.1, 0.15) is 11.1 Å². The van der Waals surface area contributed by atoms with Crippen LogP contribution in [0, 0.1) is 0 Å². The molecule has 1 amide bonds. The maximum absolute atomic E-state index is 11.9. The van der Waals surface area contributed by atoms with Crippen molar-refractivity contribution < 1.29 is 19.0 Å². The minimum absolute atomic E-state index is 0.137. The predicted molar refractivity (Wildman–Crippen MR) is 91.3 cm³/mol. The molecule has 0 aliphatic carbocycles. The highest BCUT2D eigenvalue weighted by Gasteiger charge is 2.12. The van der Waals surface area contributed by atoms with Gasteiger partial charge in [0.05, 0.1) is 7.11 Å². The SMILES string of the molecule is COc1ccccc1/C=C/C(=O)NCCc1ccc2c(c1)OCO2. The number of amides is 1. The van der Waals surface area contributed by atoms with Crippen LogP contribution in [0.2, 0.25) is 0 Å². The first-order chi connectivity index (χ1) is 11.8. The summed E-state index contributed by atoms with van der Waals surface area (Å²) in [5, 5.41) is 2.87. The standard InChI is InChI=1S/C19H19NO4/c1-22-16-5-3-2-4-15(16)7-9-19(21)20-11-10-14-6-8-17-18(12-14)24-13-23-17/h2-9,12H,10-11,13H2,1H3,(H,20,21)/b9-7+. The topological polar surface area (TPSA) is 56.8 Å². The van der Waals surface area contributed by atoms with Crippen molar-refractivity contribution in [3.8, 4) is 17.2 Å². The first-order valence-corrected chi connectivity index (χ1v) is 7.74. The number of fused-ring (bicyclic) bond motifs is 1. The van der Waals surface area contributed by atoms with Crippen molar-refractivity contribution in [1.82, 2.24) is 5.32 Å². The Morgan fingerprint density at radius 3 is 2.92 bits per heavy atom. The zero-order valence-corrected chi connectivity index (χ0v) is 13.5. The van der Waals surface area contributed by atoms with Crippen LogP contribution in [0.4, 0.5) is 0 Å². The molecule has 0 atom stereocenters. The number of hydrogen-bond acceptors (Lipinski definition) is 4. The molecule has 1 N–H and O–H groups in total. The summed E-state index contributed by atoms with van der Waals surface area (Å²) in [4.78, 5) is 11.9. The summed E-state index contributed by atoms with van der Waals surface area (Å²) in [5.74, 6) is 2.13. The average Bonchev–Trinajstić information content (AvgIpc) is 3.08. The summed E-state index contributed by atoms with van der Waals surface area (Å²) in [6.45, 7) is 0.817. The highest BCUT2D eigenvalue weighted by molar-refractivity contribution is 5.92. The number of benzene rings is 2. The van der Waals surface area contributed by atoms with Gasteiger partial charge < -0.3 is 19.5 Å². The van der Waals surface area contributed by atoms with Gasteiger partial charge in [-0.1, -0.05) is 24.3 Å². The third kappa shape index (κ3) is 3.87. The number of carbonyl (C=O) groups excluding carboxylic acids is 1. The quantitative estimate of drug-likeness (QED) is 0.830. The van der Waals surface area contributed by atoms with Crippen LogP contribution in [0.25, 0.3) is 6.08 Å². The Hall–Kier alpha value is -2.95. The molecule has 0 spiro atoms. The van der Waals surface area contributed by atoms with Crippen molar-refractivity contribution in [2.75, 3.05) is 20.4 Å². The van der Waals surface area contributed by atoms with Crippen LogP contribution in [-0.4, -0.2) is 26.4 Å². The van der Waals surface area contributed by atoms with E-state index in [0.717, 1.165) is 34.8 Å². The van der Waals surface area contributed by atoms with E-state index in [2.05, 4.69) is 5.32 Å². The molecule has 0 bridgehead atoms. The molecule has 24 heavy (non-hydrogen) atoms. The highest BCUT2D eigenvalue weighted by Crippen LogP contribution is 2.32. The molecule has 2 aromatic carbocycles. The largest absolute Gasteiger partial charge is 0.496 e. The van der Waals surface area contributed by atoms with Crippen molar-refractivity contribution in [3.05, 3.63) is 59.7 Å². The fourth-order valence-corrected chi connectivity index (χ4v) is 2.46. The minimum atomic E-state index is -0.137. The Morgan fingerprint density at radius 2 is 2.04 bits per heavy atom. The van der Waals surface area contributed by atoms with Crippen LogP contribution in [0.5, 0.6) is 17.2 Å². The molecule has 0 unspecified atom stereocenters. The molecule has 1 heterocycles. The summed E-state index contributed by atoms with van der Waals surface area (Å²) in [6, 6.07) is 13.4. The van der Waals surface area contributed by atoms with Crippen molar-refractivity contribution in [3.63, 3.8) is 0 Å². The summed E-state index contributed by atoms with van der Waals surface area (Å²) < 4.78 is 15.9. The second-order valence-electron chi connectivity index (χ2n) is 5.30. The number of hydrogen-bond donors (Lipinski definition) is 1. The van der Waals surface area contributed by atoms with E-state index in [0.29, 0.717) is 6.54 Å². The van der Waals surface area contributed by atoms with Gasteiger partial charge in [-0.15, -0.1) is 0 Å². The predicted octanol–water partition coefficient (Wildman–Crippen LogP) is 2.80. The van der Waals surface area contributed by atoms with Gasteiger partial charge in [0, 0.05) is 18.2 Å². The lowest BCUT2D eigenvalue weighted by molar-refractivity contribution is -0.116. The molecule has 1 aliphatic heterocycles. The van der Waals surface area contributed by atoms with E-state index in [1.165, 1.54) is 6.08 Å². The van der Waals surface area contributed by atoms with E-state index in [9.17, 15) is 4.79 Å². The summed E-state index contributed by atoms with van der Waals surface area (Å²) in [6.07, 6.45) is 3.98. The first-order valence-electron chi connectivity index (χ1n) is 7.74. The Bertz CT molecular complexity index is 755. The second kappa shape index (κ2) is 7.55. The Balaban J connectivity index is 1.50. The molecule has 0 saturated heterocycles. The number of ether oxygens (including phenoxy) is 3. The fourth-order valence-electron chi connectivity index (χ4n) is 2.46. The molecule has 0 saturated carbocycles. The first kappa shape index (κ1) is 15.9. The minimum Gasteiger partial charge on any atom is -0.496 e. The molecule has 3 rings (SSSR count). The van der Waals surface area contributed by atoms with Gasteiger partial charge in [-0.25, -0.2) is 0 Å². The van der Waals surface area contributed by atoms with Gasteiger partial charge in [-0.2, -0.15) is 0 Å². The van der Waals surface area contributed by atoms with Gasteiger partial charge >= 0.3 is 0 Å². The Morgan fingerprint density at radius 1 is 1.21 bits per heavy atom. The maximum Gasteiger partial charge on any atom is 0.244 e. The van der Waals surface area contributed by atoms with E-state index < -0.39 is 0 Å². The molecule has 1 aliphatic rings. The maximum atomic E-state index is 11.9. The lowest BCUT2D eigenvalue weighted by Crippen LogP contribution is -2.23. The molecule has 0 aromatic heterocycles. The van der Waals surface area contributed by atoms with Gasteiger partial charge in [0.2, 0.25) is 12.7 Å². The van der Waals surface area contributed by atoms with Gasteiger partial charge in [0.25, 0.3) is 0 Å². The molecule has 2 aromatic rings. The number of methoxy groups -OCH3 is 1.